The first-order valence-electron chi connectivity index (χ1n) is 7.61. The van der Waals surface area contributed by atoms with Gasteiger partial charge in [-0.3, -0.25) is 0 Å². The quantitative estimate of drug-likeness (QED) is 0.867. The van der Waals surface area contributed by atoms with Crippen molar-refractivity contribution in [3.05, 3.63) is 36.1 Å². The maximum absolute atomic E-state index is 6.11. The zero-order chi connectivity index (χ0) is 14.5. The van der Waals surface area contributed by atoms with Gasteiger partial charge in [0.05, 0.1) is 6.04 Å². The van der Waals surface area contributed by atoms with Crippen molar-refractivity contribution < 1.29 is 4.42 Å². The highest BCUT2D eigenvalue weighted by Crippen LogP contribution is 2.72. The lowest BCUT2D eigenvalue weighted by atomic mass is 10.0. The second-order valence-corrected chi connectivity index (χ2v) is 7.14. The third-order valence-corrected chi connectivity index (χ3v) is 5.64. The van der Waals surface area contributed by atoms with Crippen molar-refractivity contribution in [3.8, 4) is 0 Å². The van der Waals surface area contributed by atoms with Crippen LogP contribution in [0.1, 0.15) is 46.4 Å². The van der Waals surface area contributed by atoms with Gasteiger partial charge in [0, 0.05) is 5.39 Å². The second-order valence-electron chi connectivity index (χ2n) is 7.14. The molecule has 1 N–H and O–H groups in total. The standard InChI is InChI=1S/C18H25NO/c1-6-19-15(16-17(2,3)18(16,4)5)14-11-12-9-7-8-10-13(12)20-14/h7-11,15-16,19H,6H2,1-5H3. The van der Waals surface area contributed by atoms with E-state index in [0.717, 1.165) is 17.9 Å². The van der Waals surface area contributed by atoms with Gasteiger partial charge >= 0.3 is 0 Å². The molecule has 1 aromatic carbocycles. The first-order chi connectivity index (χ1) is 9.39. The Morgan fingerprint density at radius 2 is 1.80 bits per heavy atom. The summed E-state index contributed by atoms with van der Waals surface area (Å²) >= 11 is 0. The monoisotopic (exact) mass is 271 g/mol. The van der Waals surface area contributed by atoms with Crippen molar-refractivity contribution in [3.63, 3.8) is 0 Å². The van der Waals surface area contributed by atoms with Gasteiger partial charge in [-0.25, -0.2) is 0 Å². The van der Waals surface area contributed by atoms with Gasteiger partial charge in [0.1, 0.15) is 11.3 Å². The Morgan fingerprint density at radius 3 is 2.35 bits per heavy atom. The van der Waals surface area contributed by atoms with Gasteiger partial charge in [-0.05, 0) is 35.4 Å². The van der Waals surface area contributed by atoms with Crippen LogP contribution in [0.5, 0.6) is 0 Å². The Kier molecular flexibility index (Phi) is 2.98. The number of para-hydroxylation sites is 1. The summed E-state index contributed by atoms with van der Waals surface area (Å²) in [6.45, 7) is 12.6. The lowest BCUT2D eigenvalue weighted by molar-refractivity contribution is 0.356. The highest BCUT2D eigenvalue weighted by molar-refractivity contribution is 5.77. The normalized spacial score (nSPS) is 22.1. The minimum Gasteiger partial charge on any atom is -0.459 e. The van der Waals surface area contributed by atoms with Crippen LogP contribution in [0, 0.1) is 16.7 Å². The van der Waals surface area contributed by atoms with E-state index in [-0.39, 0.29) is 0 Å². The minimum atomic E-state index is 0.303. The van der Waals surface area contributed by atoms with Crippen LogP contribution < -0.4 is 5.32 Å². The summed E-state index contributed by atoms with van der Waals surface area (Å²) in [6.07, 6.45) is 0. The first kappa shape index (κ1) is 13.7. The van der Waals surface area contributed by atoms with E-state index < -0.39 is 0 Å². The largest absolute Gasteiger partial charge is 0.459 e. The fourth-order valence-electron chi connectivity index (χ4n) is 3.84. The molecule has 0 amide bonds. The maximum Gasteiger partial charge on any atom is 0.134 e. The molecule has 3 rings (SSSR count). The predicted molar refractivity (Wildman–Crippen MR) is 83.7 cm³/mol. The summed E-state index contributed by atoms with van der Waals surface area (Å²) in [5, 5.41) is 4.84. The SMILES string of the molecule is CCNC(c1cc2ccccc2o1)C1C(C)(C)C1(C)C. The molecule has 1 heterocycles. The van der Waals surface area contributed by atoms with E-state index >= 15 is 0 Å². The van der Waals surface area contributed by atoms with Crippen LogP contribution in [0.4, 0.5) is 0 Å². The molecule has 0 radical (unpaired) electrons. The Balaban J connectivity index is 1.99. The van der Waals surface area contributed by atoms with Gasteiger partial charge in [-0.15, -0.1) is 0 Å². The third kappa shape index (κ3) is 1.81. The molecule has 2 aromatic rings. The molecule has 1 fully saturated rings. The summed E-state index contributed by atoms with van der Waals surface area (Å²) in [6, 6.07) is 10.8. The Labute approximate surface area is 121 Å². The number of nitrogens with one attached hydrogen (secondary N) is 1. The lowest BCUT2D eigenvalue weighted by Gasteiger charge is -2.17. The molecule has 1 aliphatic carbocycles. The number of benzene rings is 1. The fraction of sp³-hybridized carbons (Fsp3) is 0.556. The van der Waals surface area contributed by atoms with Gasteiger partial charge in [0.25, 0.3) is 0 Å². The lowest BCUT2D eigenvalue weighted by Crippen LogP contribution is -2.24. The minimum absolute atomic E-state index is 0.303. The van der Waals surface area contributed by atoms with Gasteiger partial charge in [-0.1, -0.05) is 52.8 Å². The Bertz CT molecular complexity index is 576. The average molecular weight is 271 g/mol. The van der Waals surface area contributed by atoms with Crippen LogP contribution >= 0.6 is 0 Å². The van der Waals surface area contributed by atoms with Crippen LogP contribution in [0.2, 0.25) is 0 Å². The summed E-state index contributed by atoms with van der Waals surface area (Å²) < 4.78 is 6.11. The van der Waals surface area contributed by atoms with Crippen molar-refractivity contribution in [1.82, 2.24) is 5.32 Å². The number of fused-ring (bicyclic) bond motifs is 1. The average Bonchev–Trinajstić information content (AvgIpc) is 2.74. The number of rotatable bonds is 4. The first-order valence-corrected chi connectivity index (χ1v) is 7.61. The van der Waals surface area contributed by atoms with Crippen molar-refractivity contribution >= 4 is 11.0 Å². The van der Waals surface area contributed by atoms with E-state index in [4.69, 9.17) is 4.42 Å². The molecule has 2 nitrogen and oxygen atoms in total. The number of hydrogen-bond acceptors (Lipinski definition) is 2. The molecule has 1 aliphatic rings. The molecule has 20 heavy (non-hydrogen) atoms. The van der Waals surface area contributed by atoms with Crippen molar-refractivity contribution in [2.24, 2.45) is 16.7 Å². The third-order valence-electron chi connectivity index (χ3n) is 5.64. The molecular weight excluding hydrogens is 246 g/mol. The highest BCUT2D eigenvalue weighted by Gasteiger charge is 2.67. The number of hydrogen-bond donors (Lipinski definition) is 1. The molecule has 1 atom stereocenters. The zero-order valence-corrected chi connectivity index (χ0v) is 13.2. The van der Waals surface area contributed by atoms with Gasteiger partial charge < -0.3 is 9.73 Å². The molecule has 1 aromatic heterocycles. The van der Waals surface area contributed by atoms with Gasteiger partial charge in [0.2, 0.25) is 0 Å². The summed E-state index contributed by atoms with van der Waals surface area (Å²) in [7, 11) is 0. The smallest absolute Gasteiger partial charge is 0.134 e. The molecule has 0 aliphatic heterocycles. The van der Waals surface area contributed by atoms with E-state index in [1.54, 1.807) is 0 Å². The van der Waals surface area contributed by atoms with E-state index in [2.05, 4.69) is 58.1 Å². The van der Waals surface area contributed by atoms with Gasteiger partial charge in [0.15, 0.2) is 0 Å². The molecule has 0 bridgehead atoms. The molecule has 2 heteroatoms. The van der Waals surface area contributed by atoms with E-state index in [1.165, 1.54) is 5.39 Å². The van der Waals surface area contributed by atoms with Crippen LogP contribution in [0.3, 0.4) is 0 Å². The maximum atomic E-state index is 6.11. The topological polar surface area (TPSA) is 25.2 Å². The zero-order valence-electron chi connectivity index (χ0n) is 13.2. The molecule has 1 saturated carbocycles. The van der Waals surface area contributed by atoms with Crippen LogP contribution in [-0.2, 0) is 0 Å². The van der Waals surface area contributed by atoms with E-state index in [1.807, 2.05) is 12.1 Å². The molecule has 0 saturated heterocycles. The molecular formula is C18H25NO. The summed E-state index contributed by atoms with van der Waals surface area (Å²) in [5.41, 5.74) is 1.68. The van der Waals surface area contributed by atoms with E-state index in [9.17, 15) is 0 Å². The summed E-state index contributed by atoms with van der Waals surface area (Å²) in [4.78, 5) is 0. The van der Waals surface area contributed by atoms with Crippen LogP contribution in [-0.4, -0.2) is 6.54 Å². The van der Waals surface area contributed by atoms with Crippen molar-refractivity contribution in [1.29, 1.82) is 0 Å². The van der Waals surface area contributed by atoms with Crippen molar-refractivity contribution in [2.45, 2.75) is 40.7 Å². The second kappa shape index (κ2) is 4.36. The molecule has 108 valence electrons. The van der Waals surface area contributed by atoms with Crippen LogP contribution in [0.25, 0.3) is 11.0 Å². The van der Waals surface area contributed by atoms with Crippen molar-refractivity contribution in [2.75, 3.05) is 6.54 Å². The Morgan fingerprint density at radius 1 is 1.15 bits per heavy atom. The molecule has 1 unspecified atom stereocenters. The number of furan rings is 1. The van der Waals surface area contributed by atoms with Gasteiger partial charge in [-0.2, -0.15) is 0 Å². The fourth-order valence-corrected chi connectivity index (χ4v) is 3.84. The summed E-state index contributed by atoms with van der Waals surface area (Å²) in [5.74, 6) is 1.69. The van der Waals surface area contributed by atoms with E-state index in [0.29, 0.717) is 22.8 Å². The predicted octanol–water partition coefficient (Wildman–Crippen LogP) is 4.77. The highest BCUT2D eigenvalue weighted by atomic mass is 16.3. The van der Waals surface area contributed by atoms with Crippen LogP contribution in [0.15, 0.2) is 34.7 Å². The Hall–Kier alpha value is -1.28. The molecule has 0 spiro atoms.